The van der Waals surface area contributed by atoms with Crippen LogP contribution in [0.15, 0.2) is 0 Å². The van der Waals surface area contributed by atoms with Crippen LogP contribution in [0.1, 0.15) is 20.3 Å². The third-order valence-corrected chi connectivity index (χ3v) is 1.38. The van der Waals surface area contributed by atoms with Crippen LogP contribution in [-0.2, 0) is 9.53 Å². The van der Waals surface area contributed by atoms with Gasteiger partial charge in [0.25, 0.3) is 0 Å². The molecule has 0 saturated carbocycles. The summed E-state index contributed by atoms with van der Waals surface area (Å²) in [6.07, 6.45) is 0.00808. The van der Waals surface area contributed by atoms with E-state index in [4.69, 9.17) is 4.74 Å². The van der Waals surface area contributed by atoms with Gasteiger partial charge in [0, 0.05) is 20.0 Å². The lowest BCUT2D eigenvalue weighted by atomic mass is 10.3. The van der Waals surface area contributed by atoms with Crippen LogP contribution in [0.3, 0.4) is 0 Å². The van der Waals surface area contributed by atoms with Gasteiger partial charge in [0.05, 0.1) is 6.61 Å². The van der Waals surface area contributed by atoms with Crippen LogP contribution in [0.2, 0.25) is 0 Å². The highest BCUT2D eigenvalue weighted by Crippen LogP contribution is 1.92. The third kappa shape index (κ3) is 4.71. The zero-order valence-corrected chi connectivity index (χ0v) is 7.79. The lowest BCUT2D eigenvalue weighted by Crippen LogP contribution is -2.29. The molecule has 0 aromatic heterocycles. The molecule has 0 radical (unpaired) electrons. The van der Waals surface area contributed by atoms with Crippen LogP contribution in [0, 0.1) is 0 Å². The summed E-state index contributed by atoms with van der Waals surface area (Å²) in [4.78, 5) is 22.9. The first kappa shape index (κ1) is 10.9. The van der Waals surface area contributed by atoms with Crippen LogP contribution in [-0.4, -0.2) is 37.0 Å². The molecule has 0 aliphatic rings. The second-order valence-electron chi connectivity index (χ2n) is 2.57. The van der Waals surface area contributed by atoms with Gasteiger partial charge in [0.2, 0.25) is 0 Å². The van der Waals surface area contributed by atoms with Crippen molar-refractivity contribution in [2.24, 2.45) is 0 Å². The van der Waals surface area contributed by atoms with Crippen molar-refractivity contribution in [1.29, 1.82) is 0 Å². The summed E-state index contributed by atoms with van der Waals surface area (Å²) in [6, 6.07) is 0. The molecule has 0 N–H and O–H groups in total. The van der Waals surface area contributed by atoms with Crippen molar-refractivity contribution in [3.8, 4) is 0 Å². The number of amides is 1. The van der Waals surface area contributed by atoms with Gasteiger partial charge in [-0.15, -0.1) is 0 Å². The molecule has 0 fully saturated rings. The Hall–Kier alpha value is -1.06. The van der Waals surface area contributed by atoms with Crippen molar-refractivity contribution in [3.05, 3.63) is 0 Å². The Morgan fingerprint density at radius 3 is 2.42 bits per heavy atom. The second kappa shape index (κ2) is 5.57. The first-order valence-corrected chi connectivity index (χ1v) is 3.95. The van der Waals surface area contributed by atoms with E-state index in [9.17, 15) is 9.59 Å². The first-order chi connectivity index (χ1) is 5.57. The molecule has 0 saturated heterocycles. The number of carbonyl (C=O) groups excluding carboxylic acids is 2. The first-order valence-electron chi connectivity index (χ1n) is 3.95. The smallest absolute Gasteiger partial charge is 0.409 e. The van der Waals surface area contributed by atoms with Gasteiger partial charge in [0.15, 0.2) is 0 Å². The van der Waals surface area contributed by atoms with E-state index < -0.39 is 0 Å². The normalized spacial score (nSPS) is 9.25. The number of ether oxygens (including phenoxy) is 1. The highest BCUT2D eigenvalue weighted by molar-refractivity contribution is 5.76. The Labute approximate surface area is 72.5 Å². The maximum atomic E-state index is 10.9. The molecule has 12 heavy (non-hydrogen) atoms. The number of rotatable bonds is 4. The highest BCUT2D eigenvalue weighted by atomic mass is 16.5. The fourth-order valence-electron chi connectivity index (χ4n) is 0.650. The third-order valence-electron chi connectivity index (χ3n) is 1.38. The summed E-state index contributed by atoms with van der Waals surface area (Å²) < 4.78 is 4.71. The Morgan fingerprint density at radius 2 is 2.00 bits per heavy atom. The molecule has 0 spiro atoms. The highest BCUT2D eigenvalue weighted by Gasteiger charge is 2.08. The molecule has 0 aromatic carbocycles. The van der Waals surface area contributed by atoms with E-state index in [1.165, 1.54) is 11.8 Å². The van der Waals surface area contributed by atoms with Gasteiger partial charge in [-0.1, -0.05) is 0 Å². The Bertz CT molecular complexity index is 168. The van der Waals surface area contributed by atoms with Gasteiger partial charge in [0.1, 0.15) is 5.78 Å². The number of nitrogens with zero attached hydrogens (tertiary/aromatic N) is 1. The predicted molar refractivity (Wildman–Crippen MR) is 45.0 cm³/mol. The molecule has 70 valence electrons. The minimum absolute atomic E-state index is 0.0751. The van der Waals surface area contributed by atoms with E-state index >= 15 is 0 Å². The number of carbonyl (C=O) groups is 2. The van der Waals surface area contributed by atoms with Crippen LogP contribution in [0.5, 0.6) is 0 Å². The molecular weight excluding hydrogens is 158 g/mol. The molecule has 0 rings (SSSR count). The van der Waals surface area contributed by atoms with Crippen molar-refractivity contribution in [3.63, 3.8) is 0 Å². The topological polar surface area (TPSA) is 46.6 Å². The zero-order valence-electron chi connectivity index (χ0n) is 7.79. The molecule has 4 heteroatoms. The summed E-state index contributed by atoms with van der Waals surface area (Å²) in [5.41, 5.74) is 0. The van der Waals surface area contributed by atoms with Crippen molar-refractivity contribution in [2.75, 3.05) is 20.2 Å². The maximum Gasteiger partial charge on any atom is 0.409 e. The van der Waals surface area contributed by atoms with Gasteiger partial charge in [-0.3, -0.25) is 4.79 Å². The van der Waals surface area contributed by atoms with Crippen molar-refractivity contribution in [1.82, 2.24) is 4.90 Å². The molecule has 0 unspecified atom stereocenters. The molecule has 1 amide bonds. The van der Waals surface area contributed by atoms with E-state index in [0.29, 0.717) is 19.6 Å². The largest absolute Gasteiger partial charge is 0.450 e. The van der Waals surface area contributed by atoms with E-state index in [1.54, 1.807) is 14.0 Å². The fraction of sp³-hybridized carbons (Fsp3) is 0.750. The molecule has 0 heterocycles. The number of hydrogen-bond acceptors (Lipinski definition) is 3. The Balaban J connectivity index is 3.63. The zero-order chi connectivity index (χ0) is 9.56. The van der Waals surface area contributed by atoms with Gasteiger partial charge in [-0.05, 0) is 13.8 Å². The lowest BCUT2D eigenvalue weighted by molar-refractivity contribution is -0.117. The number of ketones is 1. The average molecular weight is 173 g/mol. The van der Waals surface area contributed by atoms with Gasteiger partial charge in [-0.25, -0.2) is 4.79 Å². The molecule has 0 aromatic rings. The SMILES string of the molecule is CCOC(=O)N(C)CCC(C)=O. The quantitative estimate of drug-likeness (QED) is 0.638. The van der Waals surface area contributed by atoms with Gasteiger partial charge >= 0.3 is 6.09 Å². The number of Topliss-reactive ketones (excluding diaryl/α,β-unsaturated/α-hetero) is 1. The van der Waals surface area contributed by atoms with E-state index in [1.807, 2.05) is 0 Å². The van der Waals surface area contributed by atoms with E-state index in [2.05, 4.69) is 0 Å². The summed E-state index contributed by atoms with van der Waals surface area (Å²) >= 11 is 0. The molecule has 0 aliphatic carbocycles. The van der Waals surface area contributed by atoms with Crippen molar-refractivity contribution in [2.45, 2.75) is 20.3 Å². The van der Waals surface area contributed by atoms with Crippen molar-refractivity contribution < 1.29 is 14.3 Å². The standard InChI is InChI=1S/C8H15NO3/c1-4-12-8(11)9(3)6-5-7(2)10/h4-6H2,1-3H3. The van der Waals surface area contributed by atoms with Crippen LogP contribution < -0.4 is 0 Å². The van der Waals surface area contributed by atoms with Crippen LogP contribution in [0.25, 0.3) is 0 Å². The average Bonchev–Trinajstić information content (AvgIpc) is 2.00. The maximum absolute atomic E-state index is 10.9. The van der Waals surface area contributed by atoms with E-state index in [-0.39, 0.29) is 11.9 Å². The molecule has 4 nitrogen and oxygen atoms in total. The van der Waals surface area contributed by atoms with Crippen LogP contribution >= 0.6 is 0 Å². The predicted octanol–water partition coefficient (Wildman–Crippen LogP) is 1.05. The summed E-state index contributed by atoms with van der Waals surface area (Å²) in [6.45, 7) is 4.03. The lowest BCUT2D eigenvalue weighted by Gasteiger charge is -2.14. The minimum Gasteiger partial charge on any atom is -0.450 e. The van der Waals surface area contributed by atoms with Gasteiger partial charge in [-0.2, -0.15) is 0 Å². The summed E-state index contributed by atoms with van der Waals surface area (Å²) in [5.74, 6) is 0.0751. The Morgan fingerprint density at radius 1 is 1.42 bits per heavy atom. The minimum atomic E-state index is -0.376. The fourth-order valence-corrected chi connectivity index (χ4v) is 0.650. The van der Waals surface area contributed by atoms with Crippen molar-refractivity contribution >= 4 is 11.9 Å². The monoisotopic (exact) mass is 173 g/mol. The molecule has 0 bridgehead atoms. The van der Waals surface area contributed by atoms with Crippen LogP contribution in [0.4, 0.5) is 4.79 Å². The molecular formula is C8H15NO3. The van der Waals surface area contributed by atoms with E-state index in [0.717, 1.165) is 0 Å². The summed E-state index contributed by atoms with van der Waals surface area (Å²) in [7, 11) is 1.61. The summed E-state index contributed by atoms with van der Waals surface area (Å²) in [5, 5.41) is 0. The number of hydrogen-bond donors (Lipinski definition) is 0. The molecule has 0 aliphatic heterocycles. The Kier molecular flexibility index (Phi) is 5.08. The second-order valence-corrected chi connectivity index (χ2v) is 2.57. The molecule has 0 atom stereocenters. The van der Waals surface area contributed by atoms with Gasteiger partial charge < -0.3 is 9.64 Å².